The van der Waals surface area contributed by atoms with E-state index in [1.807, 2.05) is 0 Å². The minimum Gasteiger partial charge on any atom is -0.408 e. The highest BCUT2D eigenvalue weighted by molar-refractivity contribution is 6.01. The van der Waals surface area contributed by atoms with Crippen LogP contribution in [0.3, 0.4) is 0 Å². The van der Waals surface area contributed by atoms with E-state index < -0.39 is 5.91 Å². The molecule has 2 aromatic rings. The Labute approximate surface area is 89.5 Å². The van der Waals surface area contributed by atoms with Crippen LogP contribution in [-0.2, 0) is 0 Å². The van der Waals surface area contributed by atoms with Gasteiger partial charge in [0, 0.05) is 13.0 Å². The average molecular weight is 220 g/mol. The Kier molecular flexibility index (Phi) is 2.50. The Morgan fingerprint density at radius 1 is 1.44 bits per heavy atom. The molecule has 0 saturated heterocycles. The van der Waals surface area contributed by atoms with Crippen LogP contribution in [0.4, 0.5) is 6.01 Å². The summed E-state index contributed by atoms with van der Waals surface area (Å²) in [7, 11) is 0. The molecule has 0 aliphatic rings. The van der Waals surface area contributed by atoms with Crippen LogP contribution in [-0.4, -0.2) is 21.1 Å². The van der Waals surface area contributed by atoms with Gasteiger partial charge in [0.15, 0.2) is 0 Å². The van der Waals surface area contributed by atoms with E-state index in [2.05, 4.69) is 20.5 Å². The van der Waals surface area contributed by atoms with Gasteiger partial charge in [0.05, 0.1) is 0 Å². The molecule has 2 N–H and O–H groups in total. The summed E-state index contributed by atoms with van der Waals surface area (Å²) >= 11 is 0. The number of rotatable bonds is 2. The second-order valence-corrected chi connectivity index (χ2v) is 3.01. The van der Waals surface area contributed by atoms with Gasteiger partial charge < -0.3 is 9.40 Å². The second kappa shape index (κ2) is 3.97. The molecule has 2 aromatic heterocycles. The number of amides is 1. The number of carbonyl (C=O) groups excluding carboxylic acids is 1. The SMILES string of the molecule is Cc1nnc(NC(=O)c2cccc(=O)[nH]2)o1. The number of carbonyl (C=O) groups is 1. The number of aromatic amines is 1. The van der Waals surface area contributed by atoms with Crippen LogP contribution in [0, 0.1) is 6.92 Å². The maximum absolute atomic E-state index is 11.6. The Bertz CT molecular complexity index is 572. The lowest BCUT2D eigenvalue weighted by molar-refractivity contribution is 0.101. The second-order valence-electron chi connectivity index (χ2n) is 3.01. The molecule has 2 heterocycles. The Balaban J connectivity index is 2.17. The van der Waals surface area contributed by atoms with Crippen molar-refractivity contribution < 1.29 is 9.21 Å². The predicted octanol–water partition coefficient (Wildman–Crippen LogP) is 0.319. The van der Waals surface area contributed by atoms with Crippen molar-refractivity contribution in [3.63, 3.8) is 0 Å². The van der Waals surface area contributed by atoms with Crippen molar-refractivity contribution >= 4 is 11.9 Å². The summed E-state index contributed by atoms with van der Waals surface area (Å²) < 4.78 is 4.96. The fraction of sp³-hybridized carbons (Fsp3) is 0.111. The van der Waals surface area contributed by atoms with Gasteiger partial charge in [-0.1, -0.05) is 11.2 Å². The smallest absolute Gasteiger partial charge is 0.322 e. The fourth-order valence-corrected chi connectivity index (χ4v) is 1.09. The van der Waals surface area contributed by atoms with Gasteiger partial charge in [-0.15, -0.1) is 5.10 Å². The first-order chi connectivity index (χ1) is 7.65. The van der Waals surface area contributed by atoms with E-state index in [1.165, 1.54) is 18.2 Å². The molecule has 0 bridgehead atoms. The number of nitrogens with zero attached hydrogens (tertiary/aromatic N) is 2. The Morgan fingerprint density at radius 3 is 2.88 bits per heavy atom. The highest BCUT2D eigenvalue weighted by atomic mass is 16.4. The monoisotopic (exact) mass is 220 g/mol. The van der Waals surface area contributed by atoms with Gasteiger partial charge in [-0.25, -0.2) is 0 Å². The highest BCUT2D eigenvalue weighted by Crippen LogP contribution is 2.05. The topological polar surface area (TPSA) is 101 Å². The number of pyridine rings is 1. The number of hydrogen-bond donors (Lipinski definition) is 2. The van der Waals surface area contributed by atoms with Crippen molar-refractivity contribution in [1.29, 1.82) is 0 Å². The summed E-state index contributed by atoms with van der Waals surface area (Å²) in [5, 5.41) is 9.50. The summed E-state index contributed by atoms with van der Waals surface area (Å²) in [6.45, 7) is 1.60. The van der Waals surface area contributed by atoms with Crippen LogP contribution in [0.5, 0.6) is 0 Å². The summed E-state index contributed by atoms with van der Waals surface area (Å²) in [6, 6.07) is 4.26. The number of aryl methyl sites for hydroxylation is 1. The first-order valence-electron chi connectivity index (χ1n) is 4.46. The summed E-state index contributed by atoms with van der Waals surface area (Å²) in [6.07, 6.45) is 0. The molecule has 0 spiro atoms. The lowest BCUT2D eigenvalue weighted by Gasteiger charge is -1.98. The largest absolute Gasteiger partial charge is 0.408 e. The zero-order valence-corrected chi connectivity index (χ0v) is 8.35. The molecule has 0 aliphatic heterocycles. The van der Waals surface area contributed by atoms with E-state index in [0.717, 1.165) is 0 Å². The van der Waals surface area contributed by atoms with Gasteiger partial charge in [-0.05, 0) is 6.07 Å². The third kappa shape index (κ3) is 2.14. The maximum atomic E-state index is 11.6. The normalized spacial score (nSPS) is 10.1. The van der Waals surface area contributed by atoms with Crippen molar-refractivity contribution in [3.8, 4) is 0 Å². The zero-order valence-electron chi connectivity index (χ0n) is 8.35. The molecule has 2 rings (SSSR count). The summed E-state index contributed by atoms with van der Waals surface area (Å²) in [5.74, 6) is -0.168. The predicted molar refractivity (Wildman–Crippen MR) is 54.1 cm³/mol. The molecular weight excluding hydrogens is 212 g/mol. The minimum absolute atomic E-state index is 0.00722. The number of aromatic nitrogens is 3. The van der Waals surface area contributed by atoms with E-state index in [0.29, 0.717) is 5.89 Å². The van der Waals surface area contributed by atoms with Gasteiger partial charge in [0.1, 0.15) is 5.69 Å². The van der Waals surface area contributed by atoms with Crippen LogP contribution in [0.25, 0.3) is 0 Å². The van der Waals surface area contributed by atoms with Crippen molar-refractivity contribution in [2.75, 3.05) is 5.32 Å². The van der Waals surface area contributed by atoms with E-state index in [1.54, 1.807) is 6.92 Å². The number of anilines is 1. The van der Waals surface area contributed by atoms with Crippen molar-refractivity contribution in [3.05, 3.63) is 40.1 Å². The van der Waals surface area contributed by atoms with Gasteiger partial charge in [-0.3, -0.25) is 14.9 Å². The quantitative estimate of drug-likeness (QED) is 0.758. The van der Waals surface area contributed by atoms with E-state index in [-0.39, 0.29) is 17.3 Å². The van der Waals surface area contributed by atoms with E-state index >= 15 is 0 Å². The molecule has 0 atom stereocenters. The molecule has 0 saturated carbocycles. The van der Waals surface area contributed by atoms with Crippen LogP contribution in [0.1, 0.15) is 16.4 Å². The van der Waals surface area contributed by atoms with Gasteiger partial charge in [0.2, 0.25) is 11.4 Å². The molecule has 0 radical (unpaired) electrons. The Hall–Kier alpha value is -2.44. The Morgan fingerprint density at radius 2 is 2.25 bits per heavy atom. The first kappa shape index (κ1) is 10.1. The first-order valence-corrected chi connectivity index (χ1v) is 4.46. The van der Waals surface area contributed by atoms with Gasteiger partial charge >= 0.3 is 6.01 Å². The third-order valence-corrected chi connectivity index (χ3v) is 1.76. The summed E-state index contributed by atoms with van der Waals surface area (Å²) in [5.41, 5.74) is -0.224. The lowest BCUT2D eigenvalue weighted by Crippen LogP contribution is -2.18. The van der Waals surface area contributed by atoms with Crippen LogP contribution < -0.4 is 10.9 Å². The highest BCUT2D eigenvalue weighted by Gasteiger charge is 2.10. The number of nitrogens with one attached hydrogen (secondary N) is 2. The molecule has 0 aromatic carbocycles. The van der Waals surface area contributed by atoms with Crippen molar-refractivity contribution in [2.24, 2.45) is 0 Å². The molecule has 7 heteroatoms. The maximum Gasteiger partial charge on any atom is 0.322 e. The molecule has 16 heavy (non-hydrogen) atoms. The van der Waals surface area contributed by atoms with E-state index in [9.17, 15) is 9.59 Å². The molecule has 0 aliphatic carbocycles. The van der Waals surface area contributed by atoms with Gasteiger partial charge in [-0.2, -0.15) is 0 Å². The molecule has 0 unspecified atom stereocenters. The molecule has 7 nitrogen and oxygen atoms in total. The standard InChI is InChI=1S/C9H8N4O3/c1-5-12-13-9(16-5)11-8(15)6-3-2-4-7(14)10-6/h2-4H,1H3,(H,10,14)(H,11,13,15). The molecular formula is C9H8N4O3. The van der Waals surface area contributed by atoms with Crippen LogP contribution in [0.15, 0.2) is 27.4 Å². The molecule has 82 valence electrons. The molecule has 0 fully saturated rings. The minimum atomic E-state index is -0.513. The van der Waals surface area contributed by atoms with E-state index in [4.69, 9.17) is 4.42 Å². The number of H-pyrrole nitrogens is 1. The fourth-order valence-electron chi connectivity index (χ4n) is 1.09. The van der Waals surface area contributed by atoms with Crippen LogP contribution >= 0.6 is 0 Å². The van der Waals surface area contributed by atoms with Crippen molar-refractivity contribution in [2.45, 2.75) is 6.92 Å². The third-order valence-electron chi connectivity index (χ3n) is 1.76. The zero-order chi connectivity index (χ0) is 11.5. The lowest BCUT2D eigenvalue weighted by atomic mass is 10.3. The average Bonchev–Trinajstić information content (AvgIpc) is 2.64. The van der Waals surface area contributed by atoms with Crippen LogP contribution in [0.2, 0.25) is 0 Å². The number of hydrogen-bond acceptors (Lipinski definition) is 5. The van der Waals surface area contributed by atoms with Gasteiger partial charge in [0.25, 0.3) is 5.91 Å². The summed E-state index contributed by atoms with van der Waals surface area (Å²) in [4.78, 5) is 24.9. The van der Waals surface area contributed by atoms with Crippen molar-refractivity contribution in [1.82, 2.24) is 15.2 Å². The molecule has 1 amide bonds.